The molecule has 0 bridgehead atoms. The number of benzene rings is 1. The van der Waals surface area contributed by atoms with Gasteiger partial charge in [-0.2, -0.15) is 5.26 Å². The molecular weight excluding hydrogens is 254 g/mol. The first kappa shape index (κ1) is 14.2. The Morgan fingerprint density at radius 2 is 2.32 bits per heavy atom. The molecule has 0 amide bonds. The van der Waals surface area contributed by atoms with Crippen molar-refractivity contribution in [3.63, 3.8) is 0 Å². The molecule has 1 saturated heterocycles. The van der Waals surface area contributed by atoms with Gasteiger partial charge in [-0.15, -0.1) is 11.8 Å². The van der Waals surface area contributed by atoms with E-state index < -0.39 is 0 Å². The fourth-order valence-electron chi connectivity index (χ4n) is 2.80. The maximum absolute atomic E-state index is 9.48. The maximum Gasteiger partial charge on any atom is 0.103 e. The van der Waals surface area contributed by atoms with Crippen molar-refractivity contribution in [1.29, 1.82) is 5.26 Å². The summed E-state index contributed by atoms with van der Waals surface area (Å²) in [5.41, 5.74) is 7.68. The first-order valence-electron chi connectivity index (χ1n) is 6.83. The molecule has 2 unspecified atom stereocenters. The van der Waals surface area contributed by atoms with Crippen LogP contribution in [-0.2, 0) is 0 Å². The van der Waals surface area contributed by atoms with Gasteiger partial charge in [0, 0.05) is 17.5 Å². The third kappa shape index (κ3) is 2.88. The van der Waals surface area contributed by atoms with Crippen LogP contribution in [0.1, 0.15) is 25.8 Å². The molecule has 102 valence electrons. The molecule has 2 rings (SSSR count). The first-order valence-corrected chi connectivity index (χ1v) is 7.82. The third-order valence-corrected chi connectivity index (χ3v) is 4.66. The lowest BCUT2D eigenvalue weighted by Gasteiger charge is -2.25. The Kier molecular flexibility index (Phi) is 4.73. The van der Waals surface area contributed by atoms with Crippen LogP contribution in [0.15, 0.2) is 23.1 Å². The molecule has 19 heavy (non-hydrogen) atoms. The number of anilines is 1. The zero-order valence-electron chi connectivity index (χ0n) is 11.6. The number of hydrogen-bond donors (Lipinski definition) is 1. The normalized spacial score (nSPS) is 22.5. The number of nitrogens with zero attached hydrogens (tertiary/aromatic N) is 2. The van der Waals surface area contributed by atoms with Gasteiger partial charge in [0.15, 0.2) is 0 Å². The highest BCUT2D eigenvalue weighted by molar-refractivity contribution is 7.99. The van der Waals surface area contributed by atoms with E-state index in [2.05, 4.69) is 36.9 Å². The Labute approximate surface area is 119 Å². The van der Waals surface area contributed by atoms with E-state index in [1.54, 1.807) is 11.8 Å². The summed E-state index contributed by atoms with van der Waals surface area (Å²) < 4.78 is 0. The highest BCUT2D eigenvalue weighted by Gasteiger charge is 2.30. The molecule has 4 heteroatoms. The summed E-state index contributed by atoms with van der Waals surface area (Å²) in [6.07, 6.45) is 1.12. The quantitative estimate of drug-likeness (QED) is 0.859. The largest absolute Gasteiger partial charge is 0.367 e. The van der Waals surface area contributed by atoms with Crippen LogP contribution in [0.2, 0.25) is 0 Å². The standard InChI is InChI=1S/C15H21N3S/c1-3-19-15-6-4-5-14(13(15)9-17)18-10-12(8-16)7-11(18)2/h4-6,11-12H,3,7-8,10,16H2,1-2H3. The van der Waals surface area contributed by atoms with Crippen molar-refractivity contribution in [2.24, 2.45) is 11.7 Å². The van der Waals surface area contributed by atoms with Crippen molar-refractivity contribution < 1.29 is 0 Å². The third-order valence-electron chi connectivity index (χ3n) is 3.72. The van der Waals surface area contributed by atoms with Crippen LogP contribution >= 0.6 is 11.8 Å². The SMILES string of the molecule is CCSc1cccc(N2CC(CN)CC2C)c1C#N. The Morgan fingerprint density at radius 3 is 2.89 bits per heavy atom. The van der Waals surface area contributed by atoms with Crippen molar-refractivity contribution in [2.45, 2.75) is 31.2 Å². The summed E-state index contributed by atoms with van der Waals surface area (Å²) >= 11 is 1.73. The molecule has 1 aromatic rings. The Bertz CT molecular complexity index is 481. The van der Waals surface area contributed by atoms with Gasteiger partial charge >= 0.3 is 0 Å². The Balaban J connectivity index is 2.35. The van der Waals surface area contributed by atoms with Crippen LogP contribution in [0, 0.1) is 17.2 Å². The van der Waals surface area contributed by atoms with Crippen LogP contribution in [0.25, 0.3) is 0 Å². The smallest absolute Gasteiger partial charge is 0.103 e. The van der Waals surface area contributed by atoms with Gasteiger partial charge < -0.3 is 10.6 Å². The van der Waals surface area contributed by atoms with Gasteiger partial charge in [-0.25, -0.2) is 0 Å². The van der Waals surface area contributed by atoms with Crippen LogP contribution in [0.4, 0.5) is 5.69 Å². The molecule has 1 aliphatic rings. The molecule has 1 fully saturated rings. The van der Waals surface area contributed by atoms with Gasteiger partial charge in [-0.1, -0.05) is 13.0 Å². The van der Waals surface area contributed by atoms with E-state index in [9.17, 15) is 5.26 Å². The monoisotopic (exact) mass is 275 g/mol. The average molecular weight is 275 g/mol. The number of thioether (sulfide) groups is 1. The number of hydrogen-bond acceptors (Lipinski definition) is 4. The molecule has 3 nitrogen and oxygen atoms in total. The molecule has 1 aromatic carbocycles. The van der Waals surface area contributed by atoms with Gasteiger partial charge in [-0.3, -0.25) is 0 Å². The lowest BCUT2D eigenvalue weighted by Crippen LogP contribution is -2.28. The van der Waals surface area contributed by atoms with Gasteiger partial charge in [0.25, 0.3) is 0 Å². The second kappa shape index (κ2) is 6.31. The lowest BCUT2D eigenvalue weighted by atomic mass is 10.1. The number of rotatable bonds is 4. The summed E-state index contributed by atoms with van der Waals surface area (Å²) in [6.45, 7) is 6.02. The summed E-state index contributed by atoms with van der Waals surface area (Å²) in [4.78, 5) is 3.43. The molecule has 0 radical (unpaired) electrons. The zero-order chi connectivity index (χ0) is 13.8. The average Bonchev–Trinajstić information content (AvgIpc) is 2.80. The second-order valence-corrected chi connectivity index (χ2v) is 6.34. The van der Waals surface area contributed by atoms with E-state index in [0.29, 0.717) is 12.0 Å². The number of nitriles is 1. The molecule has 2 atom stereocenters. The summed E-state index contributed by atoms with van der Waals surface area (Å²) in [5.74, 6) is 1.53. The van der Waals surface area contributed by atoms with Crippen molar-refractivity contribution in [3.8, 4) is 6.07 Å². The number of nitrogens with two attached hydrogens (primary N) is 1. The molecule has 2 N–H and O–H groups in total. The fraction of sp³-hybridized carbons (Fsp3) is 0.533. The highest BCUT2D eigenvalue weighted by Crippen LogP contribution is 2.35. The van der Waals surface area contributed by atoms with Gasteiger partial charge in [0.1, 0.15) is 6.07 Å². The van der Waals surface area contributed by atoms with Crippen LogP contribution in [0.5, 0.6) is 0 Å². The molecular formula is C15H21N3S. The fourth-order valence-corrected chi connectivity index (χ4v) is 3.58. The van der Waals surface area contributed by atoms with Crippen LogP contribution in [0.3, 0.4) is 0 Å². The molecule has 0 aromatic heterocycles. The van der Waals surface area contributed by atoms with Crippen molar-refractivity contribution in [1.82, 2.24) is 0 Å². The van der Waals surface area contributed by atoms with E-state index >= 15 is 0 Å². The van der Waals surface area contributed by atoms with E-state index in [1.165, 1.54) is 0 Å². The Morgan fingerprint density at radius 1 is 1.53 bits per heavy atom. The zero-order valence-corrected chi connectivity index (χ0v) is 12.4. The maximum atomic E-state index is 9.48. The topological polar surface area (TPSA) is 53.0 Å². The van der Waals surface area contributed by atoms with Gasteiger partial charge in [0.2, 0.25) is 0 Å². The minimum Gasteiger partial charge on any atom is -0.367 e. The molecule has 0 spiro atoms. The van der Waals surface area contributed by atoms with Crippen molar-refractivity contribution in [2.75, 3.05) is 23.7 Å². The lowest BCUT2D eigenvalue weighted by molar-refractivity contribution is 0.579. The van der Waals surface area contributed by atoms with E-state index in [1.807, 2.05) is 6.07 Å². The predicted molar refractivity (Wildman–Crippen MR) is 81.5 cm³/mol. The van der Waals surface area contributed by atoms with Crippen molar-refractivity contribution in [3.05, 3.63) is 23.8 Å². The first-order chi connectivity index (χ1) is 9.21. The van der Waals surface area contributed by atoms with Crippen LogP contribution < -0.4 is 10.6 Å². The van der Waals surface area contributed by atoms with Crippen molar-refractivity contribution >= 4 is 17.4 Å². The predicted octanol–water partition coefficient (Wildman–Crippen LogP) is 2.84. The highest BCUT2D eigenvalue weighted by atomic mass is 32.2. The molecule has 1 heterocycles. The minimum atomic E-state index is 0.461. The molecule has 0 aliphatic carbocycles. The summed E-state index contributed by atoms with van der Waals surface area (Å²) in [7, 11) is 0. The van der Waals surface area contributed by atoms with E-state index in [0.717, 1.165) is 41.4 Å². The molecule has 0 saturated carbocycles. The van der Waals surface area contributed by atoms with E-state index in [4.69, 9.17) is 5.73 Å². The summed E-state index contributed by atoms with van der Waals surface area (Å²) in [5, 5.41) is 9.48. The van der Waals surface area contributed by atoms with Crippen LogP contribution in [-0.4, -0.2) is 24.9 Å². The Hall–Kier alpha value is -1.18. The van der Waals surface area contributed by atoms with Gasteiger partial charge in [0.05, 0.1) is 11.3 Å². The molecule has 1 aliphatic heterocycles. The minimum absolute atomic E-state index is 0.461. The second-order valence-electron chi connectivity index (χ2n) is 5.03. The van der Waals surface area contributed by atoms with Gasteiger partial charge in [-0.05, 0) is 43.7 Å². The van der Waals surface area contributed by atoms with E-state index in [-0.39, 0.29) is 0 Å². The summed E-state index contributed by atoms with van der Waals surface area (Å²) in [6, 6.07) is 9.00.